The number of rotatable bonds is 1. The van der Waals surface area contributed by atoms with Crippen LogP contribution in [0.15, 0.2) is 11.6 Å². The molecule has 0 N–H and O–H groups in total. The van der Waals surface area contributed by atoms with E-state index in [4.69, 9.17) is 0 Å². The van der Waals surface area contributed by atoms with Gasteiger partial charge in [0, 0.05) is 10.8 Å². The molecule has 0 radical (unpaired) electrons. The Bertz CT molecular complexity index is 140. The van der Waals surface area contributed by atoms with Crippen LogP contribution in [0.4, 0.5) is 0 Å². The second-order valence-electron chi connectivity index (χ2n) is 2.12. The number of aldehydes is 1. The van der Waals surface area contributed by atoms with Crippen molar-refractivity contribution in [3.05, 3.63) is 11.6 Å². The molecule has 0 fully saturated rings. The molecule has 1 aliphatic heterocycles. The Morgan fingerprint density at radius 3 is 3.11 bits per heavy atom. The second-order valence-corrected chi connectivity index (χ2v) is 3.57. The van der Waals surface area contributed by atoms with E-state index in [9.17, 15) is 4.79 Å². The van der Waals surface area contributed by atoms with E-state index in [0.29, 0.717) is 5.25 Å². The normalized spacial score (nSPS) is 27.2. The van der Waals surface area contributed by atoms with Crippen LogP contribution in [0.25, 0.3) is 0 Å². The minimum Gasteiger partial charge on any atom is -0.298 e. The van der Waals surface area contributed by atoms with Gasteiger partial charge in [-0.2, -0.15) is 11.8 Å². The second kappa shape index (κ2) is 3.06. The van der Waals surface area contributed by atoms with Crippen LogP contribution < -0.4 is 0 Å². The molecule has 0 bridgehead atoms. The van der Waals surface area contributed by atoms with Gasteiger partial charge in [-0.1, -0.05) is 6.08 Å². The quantitative estimate of drug-likeness (QED) is 0.518. The number of hydrogen-bond donors (Lipinski definition) is 0. The summed E-state index contributed by atoms with van der Waals surface area (Å²) in [6, 6.07) is 0. The van der Waals surface area contributed by atoms with Crippen molar-refractivity contribution in [2.45, 2.75) is 18.6 Å². The first-order chi connectivity index (χ1) is 4.34. The van der Waals surface area contributed by atoms with Gasteiger partial charge in [0.15, 0.2) is 0 Å². The number of thioether (sulfide) groups is 1. The van der Waals surface area contributed by atoms with Gasteiger partial charge >= 0.3 is 0 Å². The van der Waals surface area contributed by atoms with Crippen molar-refractivity contribution in [1.29, 1.82) is 0 Å². The zero-order valence-electron chi connectivity index (χ0n) is 5.46. The van der Waals surface area contributed by atoms with Crippen LogP contribution in [0.2, 0.25) is 0 Å². The highest BCUT2D eigenvalue weighted by atomic mass is 32.2. The highest BCUT2D eigenvalue weighted by Crippen LogP contribution is 2.23. The van der Waals surface area contributed by atoms with Gasteiger partial charge in [-0.05, 0) is 19.1 Å². The summed E-state index contributed by atoms with van der Waals surface area (Å²) in [5.74, 6) is 1.17. The highest BCUT2D eigenvalue weighted by Gasteiger charge is 2.11. The van der Waals surface area contributed by atoms with E-state index in [-0.39, 0.29) is 0 Å². The fourth-order valence-electron chi connectivity index (χ4n) is 0.877. The van der Waals surface area contributed by atoms with E-state index in [0.717, 1.165) is 18.3 Å². The van der Waals surface area contributed by atoms with Crippen LogP contribution in [0.5, 0.6) is 0 Å². The minimum absolute atomic E-state index is 0.427. The van der Waals surface area contributed by atoms with E-state index in [1.165, 1.54) is 5.75 Å². The lowest BCUT2D eigenvalue weighted by atomic mass is 10.2. The molecule has 0 aromatic heterocycles. The number of carbonyl (C=O) groups is 1. The van der Waals surface area contributed by atoms with Crippen molar-refractivity contribution in [3.63, 3.8) is 0 Å². The standard InChI is InChI=1S/C7H10OS/c1-6-7(5-8)3-2-4-9-6/h3,5-6H,2,4H2,1H3/t6-/m1/s1. The summed E-state index contributed by atoms with van der Waals surface area (Å²) in [5.41, 5.74) is 0.964. The molecule has 0 amide bonds. The minimum atomic E-state index is 0.427. The summed E-state index contributed by atoms with van der Waals surface area (Å²) in [7, 11) is 0. The van der Waals surface area contributed by atoms with Gasteiger partial charge in [0.25, 0.3) is 0 Å². The van der Waals surface area contributed by atoms with Gasteiger partial charge in [-0.25, -0.2) is 0 Å². The van der Waals surface area contributed by atoms with E-state index < -0.39 is 0 Å². The Balaban J connectivity index is 2.63. The summed E-state index contributed by atoms with van der Waals surface area (Å²) < 4.78 is 0. The average Bonchev–Trinajstić information content (AvgIpc) is 1.89. The molecule has 9 heavy (non-hydrogen) atoms. The van der Waals surface area contributed by atoms with Crippen LogP contribution in [0.1, 0.15) is 13.3 Å². The zero-order chi connectivity index (χ0) is 6.69. The van der Waals surface area contributed by atoms with Crippen molar-refractivity contribution in [2.75, 3.05) is 5.75 Å². The summed E-state index contributed by atoms with van der Waals surface area (Å²) in [5, 5.41) is 0.427. The molecule has 2 heteroatoms. The van der Waals surface area contributed by atoms with E-state index in [1.54, 1.807) is 0 Å². The van der Waals surface area contributed by atoms with Crippen LogP contribution in [0.3, 0.4) is 0 Å². The van der Waals surface area contributed by atoms with Gasteiger partial charge in [-0.3, -0.25) is 4.79 Å². The summed E-state index contributed by atoms with van der Waals surface area (Å²) in [6.45, 7) is 2.07. The molecular formula is C7H10OS. The third kappa shape index (κ3) is 1.58. The molecule has 0 aliphatic carbocycles. The first-order valence-corrected chi connectivity index (χ1v) is 4.16. The SMILES string of the molecule is C[C@H]1SCCC=C1C=O. The van der Waals surface area contributed by atoms with Crippen LogP contribution in [-0.2, 0) is 4.79 Å². The van der Waals surface area contributed by atoms with Crippen molar-refractivity contribution in [1.82, 2.24) is 0 Å². The molecule has 0 aromatic rings. The van der Waals surface area contributed by atoms with Gasteiger partial charge in [0.1, 0.15) is 6.29 Å². The van der Waals surface area contributed by atoms with Crippen molar-refractivity contribution in [2.24, 2.45) is 0 Å². The predicted molar refractivity (Wildman–Crippen MR) is 40.7 cm³/mol. The molecule has 1 aliphatic rings. The molecule has 0 saturated carbocycles. The summed E-state index contributed by atoms with van der Waals surface area (Å²) in [6.07, 6.45) is 4.06. The van der Waals surface area contributed by atoms with Crippen molar-refractivity contribution >= 4 is 18.0 Å². The molecule has 0 spiro atoms. The number of allylic oxidation sites excluding steroid dienone is 1. The van der Waals surface area contributed by atoms with Gasteiger partial charge in [0.05, 0.1) is 0 Å². The van der Waals surface area contributed by atoms with E-state index in [2.05, 4.69) is 6.92 Å². The molecule has 1 rings (SSSR count). The van der Waals surface area contributed by atoms with Gasteiger partial charge in [0.2, 0.25) is 0 Å². The average molecular weight is 142 g/mol. The smallest absolute Gasteiger partial charge is 0.146 e. The van der Waals surface area contributed by atoms with E-state index in [1.807, 2.05) is 17.8 Å². The monoisotopic (exact) mass is 142 g/mol. The predicted octanol–water partition coefficient (Wildman–Crippen LogP) is 1.64. The molecule has 1 nitrogen and oxygen atoms in total. The zero-order valence-corrected chi connectivity index (χ0v) is 6.28. The lowest BCUT2D eigenvalue weighted by molar-refractivity contribution is -0.105. The summed E-state index contributed by atoms with van der Waals surface area (Å²) >= 11 is 1.85. The van der Waals surface area contributed by atoms with E-state index >= 15 is 0 Å². The number of carbonyl (C=O) groups excluding carboxylic acids is 1. The first kappa shape index (κ1) is 6.87. The maximum Gasteiger partial charge on any atom is 0.146 e. The Labute approximate surface area is 59.5 Å². The molecule has 1 heterocycles. The lowest BCUT2D eigenvalue weighted by Gasteiger charge is -2.14. The molecular weight excluding hydrogens is 132 g/mol. The molecule has 1 atom stereocenters. The maximum absolute atomic E-state index is 10.3. The lowest BCUT2D eigenvalue weighted by Crippen LogP contribution is -2.07. The largest absolute Gasteiger partial charge is 0.298 e. The van der Waals surface area contributed by atoms with Gasteiger partial charge < -0.3 is 0 Å². The molecule has 50 valence electrons. The fourth-order valence-corrected chi connectivity index (χ4v) is 1.83. The Morgan fingerprint density at radius 2 is 2.67 bits per heavy atom. The Hall–Kier alpha value is -0.240. The Morgan fingerprint density at radius 1 is 1.89 bits per heavy atom. The van der Waals surface area contributed by atoms with Crippen LogP contribution in [-0.4, -0.2) is 17.3 Å². The fraction of sp³-hybridized carbons (Fsp3) is 0.571. The third-order valence-corrected chi connectivity index (χ3v) is 2.71. The van der Waals surface area contributed by atoms with Crippen LogP contribution >= 0.6 is 11.8 Å². The summed E-state index contributed by atoms with van der Waals surface area (Å²) in [4.78, 5) is 10.3. The van der Waals surface area contributed by atoms with Crippen LogP contribution in [0, 0.1) is 0 Å². The molecule has 0 unspecified atom stereocenters. The highest BCUT2D eigenvalue weighted by molar-refractivity contribution is 8.00. The third-order valence-electron chi connectivity index (χ3n) is 1.47. The van der Waals surface area contributed by atoms with Gasteiger partial charge in [-0.15, -0.1) is 0 Å². The first-order valence-electron chi connectivity index (χ1n) is 3.11. The molecule has 0 aromatic carbocycles. The van der Waals surface area contributed by atoms with Crippen molar-refractivity contribution in [3.8, 4) is 0 Å². The molecule has 0 saturated heterocycles. The van der Waals surface area contributed by atoms with Crippen molar-refractivity contribution < 1.29 is 4.79 Å². The topological polar surface area (TPSA) is 17.1 Å². The maximum atomic E-state index is 10.3. The number of hydrogen-bond acceptors (Lipinski definition) is 2. The Kier molecular flexibility index (Phi) is 2.34.